The van der Waals surface area contributed by atoms with Gasteiger partial charge in [0.05, 0.1) is 5.92 Å². The Balaban J connectivity index is 1.41. The first-order valence-electron chi connectivity index (χ1n) is 12.0. The molecule has 0 saturated carbocycles. The van der Waals surface area contributed by atoms with Gasteiger partial charge in [-0.1, -0.05) is 18.6 Å². The zero-order valence-corrected chi connectivity index (χ0v) is 19.1. The molecule has 7 heteroatoms. The number of hydrogen-bond donors (Lipinski definition) is 0. The molecule has 5 rings (SSSR count). The first-order chi connectivity index (χ1) is 15.7. The molecule has 1 atom stereocenters. The molecule has 0 unspecified atom stereocenters. The number of benzene rings is 1. The lowest BCUT2D eigenvalue weighted by molar-refractivity contribution is -0.122. The number of anilines is 2. The highest BCUT2D eigenvalue weighted by atomic mass is 16.2. The van der Waals surface area contributed by atoms with Crippen LogP contribution in [0, 0.1) is 12.8 Å². The van der Waals surface area contributed by atoms with Crippen LogP contribution in [0.1, 0.15) is 50.4 Å². The van der Waals surface area contributed by atoms with Crippen LogP contribution in [0.2, 0.25) is 0 Å². The average Bonchev–Trinajstić information content (AvgIpc) is 3.00. The van der Waals surface area contributed by atoms with E-state index in [-0.39, 0.29) is 11.8 Å². The van der Waals surface area contributed by atoms with Gasteiger partial charge < -0.3 is 14.4 Å². The Labute approximate surface area is 189 Å². The number of rotatable bonds is 4. The quantitative estimate of drug-likeness (QED) is 0.620. The number of hydrogen-bond acceptors (Lipinski definition) is 5. The minimum absolute atomic E-state index is 0.0466. The standard InChI is InChI=1S/C25H32N6O/c1-3-30(20-11-7-9-18(2)15-20)25(32)19-10-8-13-29(16-19)23-22-24(27-17-26-23)31-14-6-4-5-12-21(31)28-22/h7,9,11,15,17,19H,3-6,8,10,12-14,16H2,1-2H3/t19-/m0/s1. The van der Waals surface area contributed by atoms with Crippen molar-refractivity contribution in [2.45, 2.75) is 58.9 Å². The molecular weight excluding hydrogens is 400 g/mol. The molecule has 4 heterocycles. The third-order valence-corrected chi connectivity index (χ3v) is 6.84. The Bertz CT molecular complexity index is 1120. The monoisotopic (exact) mass is 432 g/mol. The van der Waals surface area contributed by atoms with Gasteiger partial charge in [0.1, 0.15) is 12.2 Å². The average molecular weight is 433 g/mol. The number of carbonyl (C=O) groups excluding carboxylic acids is 1. The Morgan fingerprint density at radius 2 is 2.06 bits per heavy atom. The second kappa shape index (κ2) is 8.88. The van der Waals surface area contributed by atoms with Crippen molar-refractivity contribution in [2.75, 3.05) is 29.4 Å². The Hall–Kier alpha value is -2.96. The van der Waals surface area contributed by atoms with Gasteiger partial charge in [0.25, 0.3) is 0 Å². The van der Waals surface area contributed by atoms with Crippen LogP contribution in [0.4, 0.5) is 11.5 Å². The van der Waals surface area contributed by atoms with E-state index < -0.39 is 0 Å². The van der Waals surface area contributed by atoms with Crippen LogP contribution >= 0.6 is 0 Å². The molecular formula is C25H32N6O. The summed E-state index contributed by atoms with van der Waals surface area (Å²) in [6.07, 6.45) is 8.13. The van der Waals surface area contributed by atoms with Gasteiger partial charge in [-0.2, -0.15) is 0 Å². The summed E-state index contributed by atoms with van der Waals surface area (Å²) in [5.74, 6) is 2.16. The summed E-state index contributed by atoms with van der Waals surface area (Å²) >= 11 is 0. The van der Waals surface area contributed by atoms with Gasteiger partial charge in [-0.05, 0) is 57.2 Å². The van der Waals surface area contributed by atoms with Crippen LogP contribution in [0.5, 0.6) is 0 Å². The summed E-state index contributed by atoms with van der Waals surface area (Å²) < 4.78 is 2.27. The first kappa shape index (κ1) is 20.9. The van der Waals surface area contributed by atoms with E-state index in [1.54, 1.807) is 6.33 Å². The van der Waals surface area contributed by atoms with Crippen molar-refractivity contribution in [2.24, 2.45) is 5.92 Å². The normalized spacial score (nSPS) is 18.9. The Kier molecular flexibility index (Phi) is 5.81. The number of fused-ring (bicyclic) bond motifs is 3. The fourth-order valence-electron chi connectivity index (χ4n) is 5.21. The third-order valence-electron chi connectivity index (χ3n) is 6.84. The van der Waals surface area contributed by atoms with Crippen molar-refractivity contribution in [3.8, 4) is 0 Å². The molecule has 1 fully saturated rings. The van der Waals surface area contributed by atoms with Crippen LogP contribution in [-0.2, 0) is 17.8 Å². The summed E-state index contributed by atoms with van der Waals surface area (Å²) in [5.41, 5.74) is 3.98. The lowest BCUT2D eigenvalue weighted by Gasteiger charge is -2.35. The van der Waals surface area contributed by atoms with Crippen LogP contribution in [-0.4, -0.2) is 45.1 Å². The molecule has 1 aromatic carbocycles. The highest BCUT2D eigenvalue weighted by molar-refractivity contribution is 5.95. The molecule has 168 valence electrons. The minimum atomic E-state index is -0.0466. The van der Waals surface area contributed by atoms with Crippen molar-refractivity contribution in [3.05, 3.63) is 42.0 Å². The van der Waals surface area contributed by atoms with E-state index in [1.165, 1.54) is 24.8 Å². The van der Waals surface area contributed by atoms with E-state index in [1.807, 2.05) is 24.0 Å². The third kappa shape index (κ3) is 3.85. The van der Waals surface area contributed by atoms with Gasteiger partial charge in [-0.25, -0.2) is 15.0 Å². The topological polar surface area (TPSA) is 67.2 Å². The number of piperidine rings is 1. The molecule has 32 heavy (non-hydrogen) atoms. The fraction of sp³-hybridized carbons (Fsp3) is 0.520. The highest BCUT2D eigenvalue weighted by Gasteiger charge is 2.31. The molecule has 3 aromatic rings. The van der Waals surface area contributed by atoms with Crippen molar-refractivity contribution in [1.29, 1.82) is 0 Å². The summed E-state index contributed by atoms with van der Waals surface area (Å²) in [6, 6.07) is 8.21. The summed E-state index contributed by atoms with van der Waals surface area (Å²) in [5, 5.41) is 0. The number of nitrogens with zero attached hydrogens (tertiary/aromatic N) is 6. The predicted molar refractivity (Wildman–Crippen MR) is 127 cm³/mol. The van der Waals surface area contributed by atoms with Crippen molar-refractivity contribution < 1.29 is 4.79 Å². The largest absolute Gasteiger partial charge is 0.354 e. The smallest absolute Gasteiger partial charge is 0.231 e. The Morgan fingerprint density at radius 1 is 1.16 bits per heavy atom. The van der Waals surface area contributed by atoms with E-state index >= 15 is 0 Å². The zero-order valence-electron chi connectivity index (χ0n) is 19.1. The molecule has 1 amide bonds. The molecule has 0 radical (unpaired) electrons. The van der Waals surface area contributed by atoms with E-state index in [0.29, 0.717) is 13.1 Å². The SMILES string of the molecule is CCN(C(=O)[C@H]1CCCN(c2ncnc3c2nc2n3CCCCC2)C1)c1cccc(C)c1. The number of imidazole rings is 1. The second-order valence-electron chi connectivity index (χ2n) is 9.07. The first-order valence-corrected chi connectivity index (χ1v) is 12.0. The van der Waals surface area contributed by atoms with Crippen LogP contribution < -0.4 is 9.80 Å². The Morgan fingerprint density at radius 3 is 2.91 bits per heavy atom. The molecule has 1 saturated heterocycles. The maximum absolute atomic E-state index is 13.5. The molecule has 0 aliphatic carbocycles. The van der Waals surface area contributed by atoms with E-state index in [9.17, 15) is 4.79 Å². The molecule has 2 aliphatic heterocycles. The lowest BCUT2D eigenvalue weighted by Crippen LogP contribution is -2.45. The lowest BCUT2D eigenvalue weighted by atomic mass is 9.96. The van der Waals surface area contributed by atoms with Gasteiger partial charge in [-0.15, -0.1) is 0 Å². The molecule has 0 N–H and O–H groups in total. The summed E-state index contributed by atoms with van der Waals surface area (Å²) in [7, 11) is 0. The van der Waals surface area contributed by atoms with E-state index in [4.69, 9.17) is 4.98 Å². The molecule has 7 nitrogen and oxygen atoms in total. The maximum Gasteiger partial charge on any atom is 0.231 e. The van der Waals surface area contributed by atoms with Crippen LogP contribution in [0.15, 0.2) is 30.6 Å². The van der Waals surface area contributed by atoms with Gasteiger partial charge in [-0.3, -0.25) is 4.79 Å². The predicted octanol–water partition coefficient (Wildman–Crippen LogP) is 4.13. The number of aryl methyl sites for hydroxylation is 3. The van der Waals surface area contributed by atoms with E-state index in [0.717, 1.165) is 60.8 Å². The van der Waals surface area contributed by atoms with Crippen molar-refractivity contribution in [3.63, 3.8) is 0 Å². The summed E-state index contributed by atoms with van der Waals surface area (Å²) in [6.45, 7) is 7.34. The minimum Gasteiger partial charge on any atom is -0.354 e. The fourth-order valence-corrected chi connectivity index (χ4v) is 5.21. The zero-order chi connectivity index (χ0) is 22.1. The number of amides is 1. The van der Waals surface area contributed by atoms with Gasteiger partial charge in [0.2, 0.25) is 5.91 Å². The number of aromatic nitrogens is 4. The van der Waals surface area contributed by atoms with Gasteiger partial charge >= 0.3 is 0 Å². The maximum atomic E-state index is 13.5. The number of carbonyl (C=O) groups is 1. The van der Waals surface area contributed by atoms with Crippen molar-refractivity contribution in [1.82, 2.24) is 19.5 Å². The van der Waals surface area contributed by atoms with E-state index in [2.05, 4.69) is 38.5 Å². The molecule has 0 bridgehead atoms. The second-order valence-corrected chi connectivity index (χ2v) is 9.07. The van der Waals surface area contributed by atoms with Gasteiger partial charge in [0.15, 0.2) is 17.0 Å². The molecule has 2 aromatic heterocycles. The van der Waals surface area contributed by atoms with Crippen molar-refractivity contribution >= 4 is 28.6 Å². The summed E-state index contributed by atoms with van der Waals surface area (Å²) in [4.78, 5) is 31.9. The highest BCUT2D eigenvalue weighted by Crippen LogP contribution is 2.30. The van der Waals surface area contributed by atoms with Crippen LogP contribution in [0.3, 0.4) is 0 Å². The van der Waals surface area contributed by atoms with Crippen LogP contribution in [0.25, 0.3) is 11.2 Å². The molecule has 2 aliphatic rings. The van der Waals surface area contributed by atoms with Gasteiger partial charge in [0, 0.05) is 38.3 Å². The molecule has 0 spiro atoms.